The van der Waals surface area contributed by atoms with Crippen molar-refractivity contribution in [3.63, 3.8) is 0 Å². The molecular weight excluding hydrogens is 302 g/mol. The van der Waals surface area contributed by atoms with Crippen LogP contribution in [0.2, 0.25) is 0 Å². The summed E-state index contributed by atoms with van der Waals surface area (Å²) in [5.74, 6) is -0.540. The molecule has 0 aromatic heterocycles. The van der Waals surface area contributed by atoms with Crippen molar-refractivity contribution >= 4 is 17.5 Å². The van der Waals surface area contributed by atoms with Gasteiger partial charge in [-0.1, -0.05) is 24.3 Å². The van der Waals surface area contributed by atoms with Crippen molar-refractivity contribution in [2.45, 2.75) is 26.8 Å². The van der Waals surface area contributed by atoms with Crippen molar-refractivity contribution < 1.29 is 9.59 Å². The molecular formula is C19H19N3O2. The first-order valence-electron chi connectivity index (χ1n) is 7.61. The van der Waals surface area contributed by atoms with Crippen LogP contribution >= 0.6 is 0 Å². The van der Waals surface area contributed by atoms with E-state index in [9.17, 15) is 9.59 Å². The van der Waals surface area contributed by atoms with E-state index in [0.29, 0.717) is 11.3 Å². The van der Waals surface area contributed by atoms with Gasteiger partial charge < -0.3 is 10.6 Å². The zero-order valence-corrected chi connectivity index (χ0v) is 13.7. The number of carbonyl (C=O) groups excluding carboxylic acids is 2. The molecule has 0 aliphatic heterocycles. The van der Waals surface area contributed by atoms with Gasteiger partial charge in [0.25, 0.3) is 5.91 Å². The molecule has 0 aliphatic rings. The van der Waals surface area contributed by atoms with E-state index in [1.54, 1.807) is 18.2 Å². The molecule has 5 nitrogen and oxygen atoms in total. The van der Waals surface area contributed by atoms with E-state index in [4.69, 9.17) is 5.26 Å². The Balaban J connectivity index is 2.11. The largest absolute Gasteiger partial charge is 0.351 e. The van der Waals surface area contributed by atoms with Crippen LogP contribution in [0.1, 0.15) is 33.5 Å². The van der Waals surface area contributed by atoms with Gasteiger partial charge in [-0.25, -0.2) is 0 Å². The van der Waals surface area contributed by atoms with Crippen molar-refractivity contribution in [3.8, 4) is 6.07 Å². The Morgan fingerprint density at radius 3 is 2.54 bits per heavy atom. The molecule has 2 aromatic carbocycles. The second kappa shape index (κ2) is 7.93. The summed E-state index contributed by atoms with van der Waals surface area (Å²) in [6.07, 6.45) is -0.183. The van der Waals surface area contributed by atoms with Gasteiger partial charge in [-0.2, -0.15) is 5.26 Å². The molecule has 2 rings (SSSR count). The van der Waals surface area contributed by atoms with Gasteiger partial charge in [-0.05, 0) is 48.7 Å². The topological polar surface area (TPSA) is 82.0 Å². The number of nitriles is 1. The van der Waals surface area contributed by atoms with Gasteiger partial charge in [0.2, 0.25) is 5.91 Å². The van der Waals surface area contributed by atoms with E-state index in [-0.39, 0.29) is 24.8 Å². The molecule has 0 saturated carbocycles. The maximum Gasteiger partial charge on any atom is 0.255 e. The van der Waals surface area contributed by atoms with Crippen LogP contribution in [0.4, 0.5) is 5.69 Å². The highest BCUT2D eigenvalue weighted by molar-refractivity contribution is 6.04. The first-order chi connectivity index (χ1) is 11.5. The van der Waals surface area contributed by atoms with Gasteiger partial charge in [-0.3, -0.25) is 9.59 Å². The SMILES string of the molecule is Cc1ccc(C(=O)Nc2ccccc2CNC(=O)CC#N)cc1C. The van der Waals surface area contributed by atoms with Crippen LogP contribution in [0.3, 0.4) is 0 Å². The van der Waals surface area contributed by atoms with Crippen molar-refractivity contribution in [1.82, 2.24) is 5.32 Å². The lowest BCUT2D eigenvalue weighted by Crippen LogP contribution is -2.23. The molecule has 0 radical (unpaired) electrons. The number of rotatable bonds is 5. The predicted octanol–water partition coefficient (Wildman–Crippen LogP) is 3.09. The van der Waals surface area contributed by atoms with Gasteiger partial charge in [0.1, 0.15) is 6.42 Å². The number of nitrogens with zero attached hydrogens (tertiary/aromatic N) is 1. The number of benzene rings is 2. The van der Waals surface area contributed by atoms with Crippen LogP contribution in [0.15, 0.2) is 42.5 Å². The minimum absolute atomic E-state index is 0.183. The van der Waals surface area contributed by atoms with Crippen LogP contribution in [0, 0.1) is 25.2 Å². The summed E-state index contributed by atoms with van der Waals surface area (Å²) in [5, 5.41) is 14.0. The number of amides is 2. The number of aryl methyl sites for hydroxylation is 2. The number of para-hydroxylation sites is 1. The molecule has 122 valence electrons. The first kappa shape index (κ1) is 17.2. The first-order valence-corrected chi connectivity index (χ1v) is 7.61. The molecule has 24 heavy (non-hydrogen) atoms. The summed E-state index contributed by atoms with van der Waals surface area (Å²) in [6.45, 7) is 4.21. The molecule has 0 fully saturated rings. The highest BCUT2D eigenvalue weighted by Crippen LogP contribution is 2.17. The van der Waals surface area contributed by atoms with Crippen molar-refractivity contribution in [2.24, 2.45) is 0 Å². The Hall–Kier alpha value is -3.13. The second-order valence-corrected chi connectivity index (χ2v) is 5.52. The molecule has 0 bridgehead atoms. The summed E-state index contributed by atoms with van der Waals surface area (Å²) in [6, 6.07) is 14.6. The van der Waals surface area contributed by atoms with Gasteiger partial charge >= 0.3 is 0 Å². The minimum atomic E-state index is -0.340. The number of hydrogen-bond acceptors (Lipinski definition) is 3. The summed E-state index contributed by atoms with van der Waals surface area (Å²) in [7, 11) is 0. The maximum atomic E-state index is 12.4. The van der Waals surface area contributed by atoms with E-state index in [1.807, 2.05) is 44.2 Å². The highest BCUT2D eigenvalue weighted by atomic mass is 16.2. The maximum absolute atomic E-state index is 12.4. The van der Waals surface area contributed by atoms with E-state index < -0.39 is 0 Å². The summed E-state index contributed by atoms with van der Waals surface area (Å²) >= 11 is 0. The number of nitrogens with one attached hydrogen (secondary N) is 2. The molecule has 2 amide bonds. The van der Waals surface area contributed by atoms with Crippen LogP contribution < -0.4 is 10.6 Å². The fourth-order valence-corrected chi connectivity index (χ4v) is 2.20. The highest BCUT2D eigenvalue weighted by Gasteiger charge is 2.10. The zero-order valence-electron chi connectivity index (χ0n) is 13.7. The van der Waals surface area contributed by atoms with E-state index >= 15 is 0 Å². The Morgan fingerprint density at radius 1 is 1.08 bits per heavy atom. The van der Waals surface area contributed by atoms with E-state index in [1.165, 1.54) is 0 Å². The lowest BCUT2D eigenvalue weighted by Gasteiger charge is -2.12. The van der Waals surface area contributed by atoms with E-state index in [2.05, 4.69) is 10.6 Å². The fraction of sp³-hybridized carbons (Fsp3) is 0.211. The Bertz CT molecular complexity index is 806. The second-order valence-electron chi connectivity index (χ2n) is 5.52. The average Bonchev–Trinajstić information content (AvgIpc) is 2.56. The molecule has 0 heterocycles. The third-order valence-corrected chi connectivity index (χ3v) is 3.75. The van der Waals surface area contributed by atoms with Crippen LogP contribution in [-0.2, 0) is 11.3 Å². The zero-order chi connectivity index (χ0) is 17.5. The number of anilines is 1. The smallest absolute Gasteiger partial charge is 0.255 e. The lowest BCUT2D eigenvalue weighted by molar-refractivity contribution is -0.120. The average molecular weight is 321 g/mol. The Kier molecular flexibility index (Phi) is 5.69. The lowest BCUT2D eigenvalue weighted by atomic mass is 10.1. The predicted molar refractivity (Wildman–Crippen MR) is 92.4 cm³/mol. The van der Waals surface area contributed by atoms with Gasteiger partial charge in [-0.15, -0.1) is 0 Å². The van der Waals surface area contributed by atoms with Crippen LogP contribution in [0.5, 0.6) is 0 Å². The molecule has 2 N–H and O–H groups in total. The quantitative estimate of drug-likeness (QED) is 0.888. The van der Waals surface area contributed by atoms with Gasteiger partial charge in [0.15, 0.2) is 0 Å². The van der Waals surface area contributed by atoms with Crippen LogP contribution in [-0.4, -0.2) is 11.8 Å². The Labute approximate surface area is 141 Å². The third kappa shape index (κ3) is 4.43. The van der Waals surface area contributed by atoms with Crippen molar-refractivity contribution in [2.75, 3.05) is 5.32 Å². The molecule has 0 spiro atoms. The fourth-order valence-electron chi connectivity index (χ4n) is 2.20. The van der Waals surface area contributed by atoms with Crippen molar-refractivity contribution in [1.29, 1.82) is 5.26 Å². The van der Waals surface area contributed by atoms with Crippen molar-refractivity contribution in [3.05, 3.63) is 64.7 Å². The molecule has 2 aromatic rings. The molecule has 0 saturated heterocycles. The van der Waals surface area contributed by atoms with E-state index in [0.717, 1.165) is 16.7 Å². The third-order valence-electron chi connectivity index (χ3n) is 3.75. The number of hydrogen-bond donors (Lipinski definition) is 2. The number of carbonyl (C=O) groups is 2. The monoisotopic (exact) mass is 321 g/mol. The molecule has 5 heteroatoms. The summed E-state index contributed by atoms with van der Waals surface area (Å²) in [4.78, 5) is 23.8. The van der Waals surface area contributed by atoms with Crippen LogP contribution in [0.25, 0.3) is 0 Å². The Morgan fingerprint density at radius 2 is 1.83 bits per heavy atom. The normalized spacial score (nSPS) is 9.88. The summed E-state index contributed by atoms with van der Waals surface area (Å²) in [5.41, 5.74) is 4.19. The molecule has 0 aliphatic carbocycles. The summed E-state index contributed by atoms with van der Waals surface area (Å²) < 4.78 is 0. The standard InChI is InChI=1S/C19H19N3O2/c1-13-7-8-15(11-14(13)2)19(24)22-17-6-4-3-5-16(17)12-21-18(23)9-10-20/h3-8,11H,9,12H2,1-2H3,(H,21,23)(H,22,24). The van der Waals surface area contributed by atoms with Gasteiger partial charge in [0, 0.05) is 17.8 Å². The molecule has 0 unspecified atom stereocenters. The molecule has 0 atom stereocenters. The van der Waals surface area contributed by atoms with Gasteiger partial charge in [0.05, 0.1) is 6.07 Å². The minimum Gasteiger partial charge on any atom is -0.351 e.